The molecule has 1 heterocycles. The van der Waals surface area contributed by atoms with Crippen molar-refractivity contribution in [1.82, 2.24) is 5.32 Å². The van der Waals surface area contributed by atoms with Crippen LogP contribution in [0.1, 0.15) is 5.56 Å². The van der Waals surface area contributed by atoms with Crippen LogP contribution < -0.4 is 15.4 Å². The smallest absolute Gasteiger partial charge is 0.287 e. The number of hydrogen-bond donors (Lipinski definition) is 2. The average molecular weight is 352 g/mol. The number of anilines is 1. The second kappa shape index (κ2) is 6.10. The summed E-state index contributed by atoms with van der Waals surface area (Å²) in [5, 5.41) is 6.26. The standard InChI is InChI=1S/C15H14ClN3O3S/c1-22-12-4-2-3-10(7-12)9-17-15-18-13-6-5-11(16)8-14(13)23(20,21)19-15/h2-8H,9H2,1H3,(H2,17,18,19). The molecule has 0 fully saturated rings. The van der Waals surface area contributed by atoms with Crippen LogP contribution in [0.2, 0.25) is 5.02 Å². The maximum absolute atomic E-state index is 12.2. The van der Waals surface area contributed by atoms with Crippen molar-refractivity contribution >= 4 is 33.3 Å². The van der Waals surface area contributed by atoms with Crippen LogP contribution in [0, 0.1) is 0 Å². The number of nitrogens with zero attached hydrogens (tertiary/aromatic N) is 1. The number of sulfonamides is 1. The summed E-state index contributed by atoms with van der Waals surface area (Å²) in [6, 6.07) is 12.1. The lowest BCUT2D eigenvalue weighted by molar-refractivity contribution is 0.414. The normalized spacial score (nSPS) is 15.1. The van der Waals surface area contributed by atoms with Crippen LogP contribution in [0.25, 0.3) is 0 Å². The van der Waals surface area contributed by atoms with E-state index in [1.54, 1.807) is 19.2 Å². The van der Waals surface area contributed by atoms with Crippen molar-refractivity contribution in [3.8, 4) is 5.75 Å². The van der Waals surface area contributed by atoms with Gasteiger partial charge >= 0.3 is 0 Å². The fraction of sp³-hybridized carbons (Fsp3) is 0.133. The zero-order valence-electron chi connectivity index (χ0n) is 12.2. The molecule has 0 radical (unpaired) electrons. The van der Waals surface area contributed by atoms with Crippen molar-refractivity contribution < 1.29 is 13.2 Å². The lowest BCUT2D eigenvalue weighted by atomic mass is 10.2. The van der Waals surface area contributed by atoms with Gasteiger partial charge in [0, 0.05) is 11.6 Å². The molecule has 2 N–H and O–H groups in total. The van der Waals surface area contributed by atoms with Gasteiger partial charge in [0.25, 0.3) is 10.0 Å². The topological polar surface area (TPSA) is 79.8 Å². The molecule has 0 aromatic heterocycles. The lowest BCUT2D eigenvalue weighted by Crippen LogP contribution is -2.34. The van der Waals surface area contributed by atoms with E-state index in [0.717, 1.165) is 11.3 Å². The van der Waals surface area contributed by atoms with Crippen LogP contribution in [0.5, 0.6) is 5.75 Å². The summed E-state index contributed by atoms with van der Waals surface area (Å²) in [6.45, 7) is 0.404. The zero-order chi connectivity index (χ0) is 16.4. The Hall–Kier alpha value is -2.25. The number of benzene rings is 2. The summed E-state index contributed by atoms with van der Waals surface area (Å²) in [5.41, 5.74) is 1.38. The Bertz CT molecular complexity index is 881. The number of fused-ring (bicyclic) bond motifs is 1. The Morgan fingerprint density at radius 3 is 2.87 bits per heavy atom. The molecule has 0 bridgehead atoms. The highest BCUT2D eigenvalue weighted by molar-refractivity contribution is 7.90. The van der Waals surface area contributed by atoms with Crippen molar-refractivity contribution in [3.05, 3.63) is 53.1 Å². The van der Waals surface area contributed by atoms with Gasteiger partial charge in [-0.15, -0.1) is 4.40 Å². The SMILES string of the molecule is COc1cccc(CNC2=NS(=O)(=O)c3cc(Cl)ccc3N2)c1. The molecule has 1 aliphatic heterocycles. The summed E-state index contributed by atoms with van der Waals surface area (Å²) in [7, 11) is -2.19. The Morgan fingerprint density at radius 2 is 2.09 bits per heavy atom. The second-order valence-corrected chi connectivity index (χ2v) is 6.89. The van der Waals surface area contributed by atoms with Crippen LogP contribution in [0.4, 0.5) is 5.69 Å². The first-order chi connectivity index (χ1) is 11.0. The van der Waals surface area contributed by atoms with Gasteiger partial charge in [0.1, 0.15) is 10.6 Å². The quantitative estimate of drug-likeness (QED) is 0.888. The molecule has 0 saturated carbocycles. The molecule has 0 aliphatic carbocycles. The molecule has 0 spiro atoms. The lowest BCUT2D eigenvalue weighted by Gasteiger charge is -2.19. The molecule has 2 aromatic carbocycles. The highest BCUT2D eigenvalue weighted by Gasteiger charge is 2.25. The predicted octanol–water partition coefficient (Wildman–Crippen LogP) is 2.61. The number of rotatable bonds is 3. The number of ether oxygens (including phenoxy) is 1. The Kier molecular flexibility index (Phi) is 4.14. The van der Waals surface area contributed by atoms with Crippen LogP contribution >= 0.6 is 11.6 Å². The fourth-order valence-corrected chi connectivity index (χ4v) is 3.54. The van der Waals surface area contributed by atoms with E-state index in [1.807, 2.05) is 24.3 Å². The molecule has 0 atom stereocenters. The van der Waals surface area contributed by atoms with Crippen LogP contribution in [-0.2, 0) is 16.6 Å². The van der Waals surface area contributed by atoms with Crippen LogP contribution in [0.3, 0.4) is 0 Å². The first-order valence-electron chi connectivity index (χ1n) is 6.76. The molecule has 0 saturated heterocycles. The Labute approximate surface area is 139 Å². The molecular weight excluding hydrogens is 338 g/mol. The molecule has 8 heteroatoms. The van der Waals surface area contributed by atoms with Gasteiger partial charge in [-0.05, 0) is 35.9 Å². The number of halogens is 1. The van der Waals surface area contributed by atoms with E-state index in [9.17, 15) is 8.42 Å². The fourth-order valence-electron chi connectivity index (χ4n) is 2.18. The van der Waals surface area contributed by atoms with Crippen molar-refractivity contribution in [3.63, 3.8) is 0 Å². The minimum Gasteiger partial charge on any atom is -0.497 e. The minimum atomic E-state index is -3.78. The maximum atomic E-state index is 12.2. The van der Waals surface area contributed by atoms with E-state index in [4.69, 9.17) is 16.3 Å². The van der Waals surface area contributed by atoms with Gasteiger partial charge in [-0.3, -0.25) is 0 Å². The minimum absolute atomic E-state index is 0.0666. The third kappa shape index (κ3) is 3.40. The van der Waals surface area contributed by atoms with E-state index < -0.39 is 10.0 Å². The summed E-state index contributed by atoms with van der Waals surface area (Å²) in [6.07, 6.45) is 0. The van der Waals surface area contributed by atoms with E-state index in [0.29, 0.717) is 17.3 Å². The van der Waals surface area contributed by atoms with Crippen molar-refractivity contribution in [2.24, 2.45) is 4.40 Å². The van der Waals surface area contributed by atoms with E-state index >= 15 is 0 Å². The zero-order valence-corrected chi connectivity index (χ0v) is 13.8. The third-order valence-corrected chi connectivity index (χ3v) is 4.83. The van der Waals surface area contributed by atoms with E-state index in [-0.39, 0.29) is 10.9 Å². The van der Waals surface area contributed by atoms with Crippen molar-refractivity contribution in [1.29, 1.82) is 0 Å². The highest BCUT2D eigenvalue weighted by Crippen LogP contribution is 2.29. The maximum Gasteiger partial charge on any atom is 0.287 e. The first-order valence-corrected chi connectivity index (χ1v) is 8.58. The number of guanidine groups is 1. The molecule has 3 rings (SSSR count). The molecule has 6 nitrogen and oxygen atoms in total. The van der Waals surface area contributed by atoms with Gasteiger partial charge in [0.15, 0.2) is 0 Å². The molecule has 23 heavy (non-hydrogen) atoms. The summed E-state index contributed by atoms with van der Waals surface area (Å²) in [4.78, 5) is 0.0666. The summed E-state index contributed by atoms with van der Waals surface area (Å²) >= 11 is 5.84. The molecule has 0 unspecified atom stereocenters. The van der Waals surface area contributed by atoms with Crippen molar-refractivity contribution in [2.75, 3.05) is 12.4 Å². The molecule has 120 valence electrons. The average Bonchev–Trinajstić information content (AvgIpc) is 2.53. The summed E-state index contributed by atoms with van der Waals surface area (Å²) in [5.74, 6) is 0.901. The van der Waals surface area contributed by atoms with Gasteiger partial charge < -0.3 is 15.4 Å². The third-order valence-electron chi connectivity index (χ3n) is 3.28. The van der Waals surface area contributed by atoms with Gasteiger partial charge in [-0.2, -0.15) is 8.42 Å². The van der Waals surface area contributed by atoms with Gasteiger partial charge in [0.05, 0.1) is 12.8 Å². The largest absolute Gasteiger partial charge is 0.497 e. The molecular formula is C15H14ClN3O3S. The van der Waals surface area contributed by atoms with Gasteiger partial charge in [0.2, 0.25) is 5.96 Å². The molecule has 1 aliphatic rings. The number of hydrogen-bond acceptors (Lipinski definition) is 5. The number of nitrogens with one attached hydrogen (secondary N) is 2. The molecule has 0 amide bonds. The van der Waals surface area contributed by atoms with Crippen LogP contribution in [-0.4, -0.2) is 21.5 Å². The number of methoxy groups -OCH3 is 1. The highest BCUT2D eigenvalue weighted by atomic mass is 35.5. The van der Waals surface area contributed by atoms with Gasteiger partial charge in [-0.1, -0.05) is 23.7 Å². The van der Waals surface area contributed by atoms with Gasteiger partial charge in [-0.25, -0.2) is 0 Å². The first kappa shape index (κ1) is 15.6. The second-order valence-electron chi connectivity index (χ2n) is 4.89. The molecule has 2 aromatic rings. The van der Waals surface area contributed by atoms with E-state index in [1.165, 1.54) is 6.07 Å². The monoisotopic (exact) mass is 351 g/mol. The Balaban J connectivity index is 1.80. The van der Waals surface area contributed by atoms with E-state index in [2.05, 4.69) is 15.0 Å². The van der Waals surface area contributed by atoms with Crippen LogP contribution in [0.15, 0.2) is 51.8 Å². The van der Waals surface area contributed by atoms with Crippen molar-refractivity contribution in [2.45, 2.75) is 11.4 Å². The summed E-state index contributed by atoms with van der Waals surface area (Å²) < 4.78 is 33.3. The predicted molar refractivity (Wildman–Crippen MR) is 89.5 cm³/mol. The Morgan fingerprint density at radius 1 is 1.26 bits per heavy atom.